The molecule has 13 heavy (non-hydrogen) atoms. The molecule has 5 nitrogen and oxygen atoms in total. The van der Waals surface area contributed by atoms with Crippen LogP contribution in [0.15, 0.2) is 17.2 Å². The number of H-pyrrole nitrogens is 1. The van der Waals surface area contributed by atoms with Gasteiger partial charge in [-0.3, -0.25) is 14.6 Å². The molecule has 0 saturated heterocycles. The smallest absolute Gasteiger partial charge is 0.312 e. The van der Waals surface area contributed by atoms with Gasteiger partial charge in [0.25, 0.3) is 5.56 Å². The molecule has 0 aromatic carbocycles. The lowest BCUT2D eigenvalue weighted by atomic mass is 10.3. The zero-order valence-electron chi connectivity index (χ0n) is 7.24. The summed E-state index contributed by atoms with van der Waals surface area (Å²) >= 11 is 0. The molecule has 0 radical (unpaired) electrons. The van der Waals surface area contributed by atoms with Gasteiger partial charge >= 0.3 is 5.97 Å². The monoisotopic (exact) mass is 182 g/mol. The van der Waals surface area contributed by atoms with Gasteiger partial charge in [0.2, 0.25) is 0 Å². The highest BCUT2D eigenvalue weighted by Gasteiger charge is 2.07. The fraction of sp³-hybridized carbons (Fsp3) is 0.375. The summed E-state index contributed by atoms with van der Waals surface area (Å²) < 4.78 is 4.67. The first-order chi connectivity index (χ1) is 6.24. The number of aromatic nitrogens is 2. The summed E-state index contributed by atoms with van der Waals surface area (Å²) in [6.07, 6.45) is 2.76. The van der Waals surface area contributed by atoms with E-state index in [-0.39, 0.29) is 17.7 Å². The van der Waals surface area contributed by atoms with Crippen molar-refractivity contribution < 1.29 is 9.53 Å². The lowest BCUT2D eigenvalue weighted by Crippen LogP contribution is -2.19. The SMILES string of the molecule is CCOC(=O)Cc1ncc[nH]c1=O. The Labute approximate surface area is 74.8 Å². The van der Waals surface area contributed by atoms with Crippen LogP contribution < -0.4 is 5.56 Å². The van der Waals surface area contributed by atoms with Crippen molar-refractivity contribution in [3.05, 3.63) is 28.4 Å². The highest BCUT2D eigenvalue weighted by molar-refractivity contribution is 5.71. The van der Waals surface area contributed by atoms with E-state index < -0.39 is 5.97 Å². The van der Waals surface area contributed by atoms with Crippen LogP contribution in [0, 0.1) is 0 Å². The van der Waals surface area contributed by atoms with Gasteiger partial charge in [0.1, 0.15) is 5.69 Å². The predicted octanol–water partition coefficient (Wildman–Crippen LogP) is -0.124. The number of carbonyl (C=O) groups is 1. The van der Waals surface area contributed by atoms with E-state index in [0.29, 0.717) is 6.61 Å². The van der Waals surface area contributed by atoms with Gasteiger partial charge in [-0.1, -0.05) is 0 Å². The van der Waals surface area contributed by atoms with E-state index in [4.69, 9.17) is 0 Å². The lowest BCUT2D eigenvalue weighted by Gasteiger charge is -1.99. The molecule has 0 amide bonds. The van der Waals surface area contributed by atoms with E-state index >= 15 is 0 Å². The number of esters is 1. The zero-order valence-corrected chi connectivity index (χ0v) is 7.24. The van der Waals surface area contributed by atoms with Gasteiger partial charge in [-0.25, -0.2) is 0 Å². The Bertz CT molecular complexity index is 345. The molecule has 0 aliphatic heterocycles. The van der Waals surface area contributed by atoms with E-state index in [0.717, 1.165) is 0 Å². The molecule has 5 heteroatoms. The Morgan fingerprint density at radius 2 is 2.46 bits per heavy atom. The Morgan fingerprint density at radius 1 is 1.69 bits per heavy atom. The number of aromatic amines is 1. The van der Waals surface area contributed by atoms with Gasteiger partial charge in [-0.2, -0.15) is 0 Å². The highest BCUT2D eigenvalue weighted by Crippen LogP contribution is 1.88. The van der Waals surface area contributed by atoms with Crippen LogP contribution in [0.25, 0.3) is 0 Å². The molecule has 1 aromatic rings. The van der Waals surface area contributed by atoms with Crippen molar-refractivity contribution >= 4 is 5.97 Å². The highest BCUT2D eigenvalue weighted by atomic mass is 16.5. The Kier molecular flexibility index (Phi) is 3.19. The average Bonchev–Trinajstić information content (AvgIpc) is 2.09. The van der Waals surface area contributed by atoms with Crippen LogP contribution in [0.4, 0.5) is 0 Å². The first kappa shape index (κ1) is 9.44. The number of hydrogen-bond donors (Lipinski definition) is 1. The van der Waals surface area contributed by atoms with Gasteiger partial charge in [0.05, 0.1) is 13.0 Å². The molecule has 70 valence electrons. The van der Waals surface area contributed by atoms with Crippen LogP contribution in [-0.2, 0) is 16.0 Å². The number of hydrogen-bond acceptors (Lipinski definition) is 4. The first-order valence-corrected chi connectivity index (χ1v) is 3.92. The summed E-state index contributed by atoms with van der Waals surface area (Å²) in [4.78, 5) is 28.2. The number of ether oxygens (including phenoxy) is 1. The molecule has 1 rings (SSSR count). The van der Waals surface area contributed by atoms with Gasteiger partial charge < -0.3 is 9.72 Å². The first-order valence-electron chi connectivity index (χ1n) is 3.92. The zero-order chi connectivity index (χ0) is 9.68. The Balaban J connectivity index is 2.69. The fourth-order valence-electron chi connectivity index (χ4n) is 0.857. The molecule has 0 aliphatic rings. The average molecular weight is 182 g/mol. The van der Waals surface area contributed by atoms with Crippen LogP contribution in [0.2, 0.25) is 0 Å². The number of nitrogens with one attached hydrogen (secondary N) is 1. The van der Waals surface area contributed by atoms with Crippen molar-refractivity contribution in [1.29, 1.82) is 0 Å². The molecule has 0 aliphatic carbocycles. The minimum absolute atomic E-state index is 0.0794. The van der Waals surface area contributed by atoms with Gasteiger partial charge in [-0.15, -0.1) is 0 Å². The summed E-state index contributed by atoms with van der Waals surface area (Å²) in [5.74, 6) is -0.438. The normalized spacial score (nSPS) is 9.62. The van der Waals surface area contributed by atoms with Gasteiger partial charge in [-0.05, 0) is 6.92 Å². The maximum atomic E-state index is 11.0. The predicted molar refractivity (Wildman–Crippen MR) is 45.2 cm³/mol. The fourth-order valence-corrected chi connectivity index (χ4v) is 0.857. The molecular formula is C8H10N2O3. The molecular weight excluding hydrogens is 172 g/mol. The molecule has 0 fully saturated rings. The summed E-state index contributed by atoms with van der Waals surface area (Å²) in [5.41, 5.74) is -0.170. The summed E-state index contributed by atoms with van der Waals surface area (Å²) in [6, 6.07) is 0. The molecule has 0 bridgehead atoms. The van der Waals surface area contributed by atoms with Crippen LogP contribution in [0.5, 0.6) is 0 Å². The second-order valence-electron chi connectivity index (χ2n) is 2.35. The quantitative estimate of drug-likeness (QED) is 0.661. The van der Waals surface area contributed by atoms with E-state index in [1.54, 1.807) is 6.92 Å². The van der Waals surface area contributed by atoms with Crippen molar-refractivity contribution in [3.63, 3.8) is 0 Å². The van der Waals surface area contributed by atoms with E-state index in [9.17, 15) is 9.59 Å². The maximum Gasteiger partial charge on any atom is 0.312 e. The summed E-state index contributed by atoms with van der Waals surface area (Å²) in [6.45, 7) is 2.02. The van der Waals surface area contributed by atoms with E-state index in [1.165, 1.54) is 12.4 Å². The number of rotatable bonds is 3. The molecule has 0 spiro atoms. The van der Waals surface area contributed by atoms with E-state index in [2.05, 4.69) is 14.7 Å². The second kappa shape index (κ2) is 4.39. The van der Waals surface area contributed by atoms with E-state index in [1.807, 2.05) is 0 Å². The van der Waals surface area contributed by atoms with Crippen LogP contribution in [-0.4, -0.2) is 22.5 Å². The largest absolute Gasteiger partial charge is 0.466 e. The minimum Gasteiger partial charge on any atom is -0.466 e. The molecule has 1 heterocycles. The summed E-state index contributed by atoms with van der Waals surface area (Å²) in [5, 5.41) is 0. The molecule has 0 unspecified atom stereocenters. The Morgan fingerprint density at radius 3 is 3.08 bits per heavy atom. The maximum absolute atomic E-state index is 11.0. The van der Waals surface area contributed by atoms with Crippen molar-refractivity contribution in [2.45, 2.75) is 13.3 Å². The number of nitrogens with zero attached hydrogens (tertiary/aromatic N) is 1. The molecule has 1 aromatic heterocycles. The lowest BCUT2D eigenvalue weighted by molar-refractivity contribution is -0.142. The van der Waals surface area contributed by atoms with Crippen LogP contribution >= 0.6 is 0 Å². The molecule has 1 N–H and O–H groups in total. The third-order valence-electron chi connectivity index (χ3n) is 1.40. The minimum atomic E-state index is -0.438. The van der Waals surface area contributed by atoms with Crippen molar-refractivity contribution in [1.82, 2.24) is 9.97 Å². The van der Waals surface area contributed by atoms with Crippen LogP contribution in [0.3, 0.4) is 0 Å². The van der Waals surface area contributed by atoms with Gasteiger partial charge in [0.15, 0.2) is 0 Å². The van der Waals surface area contributed by atoms with Crippen LogP contribution in [0.1, 0.15) is 12.6 Å². The van der Waals surface area contributed by atoms with Crippen molar-refractivity contribution in [2.24, 2.45) is 0 Å². The molecule has 0 atom stereocenters. The second-order valence-corrected chi connectivity index (χ2v) is 2.35. The third kappa shape index (κ3) is 2.70. The summed E-state index contributed by atoms with van der Waals surface area (Å²) in [7, 11) is 0. The molecule has 0 saturated carbocycles. The standard InChI is InChI=1S/C8H10N2O3/c1-2-13-7(11)5-6-8(12)10-4-3-9-6/h3-4H,2,5H2,1H3,(H,10,12). The number of carbonyl (C=O) groups excluding carboxylic acids is 1. The topological polar surface area (TPSA) is 72.0 Å². The van der Waals surface area contributed by atoms with Crippen molar-refractivity contribution in [3.8, 4) is 0 Å². The third-order valence-corrected chi connectivity index (χ3v) is 1.40. The van der Waals surface area contributed by atoms with Gasteiger partial charge in [0, 0.05) is 12.4 Å². The van der Waals surface area contributed by atoms with Crippen molar-refractivity contribution in [2.75, 3.05) is 6.61 Å². The Hall–Kier alpha value is -1.65.